The second-order valence-corrected chi connectivity index (χ2v) is 7.69. The van der Waals surface area contributed by atoms with Crippen molar-refractivity contribution in [2.24, 2.45) is 0 Å². The molecule has 138 valence electrons. The van der Waals surface area contributed by atoms with Crippen molar-refractivity contribution in [1.82, 2.24) is 5.32 Å². The number of ketones is 1. The van der Waals surface area contributed by atoms with Crippen LogP contribution in [0.5, 0.6) is 0 Å². The molecule has 0 radical (unpaired) electrons. The van der Waals surface area contributed by atoms with E-state index in [1.807, 2.05) is 24.4 Å². The summed E-state index contributed by atoms with van der Waals surface area (Å²) in [5.74, 6) is -1.23. The van der Waals surface area contributed by atoms with Crippen molar-refractivity contribution < 1.29 is 14.0 Å². The molecule has 4 nitrogen and oxygen atoms in total. The molecule has 2 aromatic rings. The van der Waals surface area contributed by atoms with Crippen molar-refractivity contribution in [3.8, 4) is 0 Å². The number of thiophene rings is 1. The fourth-order valence-corrected chi connectivity index (χ4v) is 4.62. The van der Waals surface area contributed by atoms with Crippen LogP contribution < -0.4 is 10.6 Å². The van der Waals surface area contributed by atoms with Crippen LogP contribution in [0.2, 0.25) is 0 Å². The Bertz CT molecular complexity index is 976. The van der Waals surface area contributed by atoms with E-state index in [0.29, 0.717) is 23.3 Å². The topological polar surface area (TPSA) is 58.2 Å². The van der Waals surface area contributed by atoms with Gasteiger partial charge in [0.25, 0.3) is 5.91 Å². The van der Waals surface area contributed by atoms with Gasteiger partial charge in [0.05, 0.1) is 11.6 Å². The minimum absolute atomic E-state index is 0.0749. The molecule has 2 heterocycles. The Hall–Kier alpha value is -2.73. The molecule has 0 saturated heterocycles. The summed E-state index contributed by atoms with van der Waals surface area (Å²) >= 11 is 1.52. The highest BCUT2D eigenvalue weighted by Crippen LogP contribution is 2.43. The summed E-state index contributed by atoms with van der Waals surface area (Å²) in [6.45, 7) is 1.83. The van der Waals surface area contributed by atoms with E-state index in [-0.39, 0.29) is 11.5 Å². The van der Waals surface area contributed by atoms with Crippen molar-refractivity contribution in [2.75, 3.05) is 5.32 Å². The van der Waals surface area contributed by atoms with E-state index in [1.54, 1.807) is 12.1 Å². The summed E-state index contributed by atoms with van der Waals surface area (Å²) in [5.41, 5.74) is 2.88. The number of carbonyl (C=O) groups excluding carboxylic acids is 2. The monoisotopic (exact) mass is 382 g/mol. The van der Waals surface area contributed by atoms with Crippen LogP contribution in [0.4, 0.5) is 10.1 Å². The van der Waals surface area contributed by atoms with Crippen LogP contribution in [0, 0.1) is 5.82 Å². The first kappa shape index (κ1) is 17.7. The lowest BCUT2D eigenvalue weighted by Gasteiger charge is -2.33. The second kappa shape index (κ2) is 7.12. The average Bonchev–Trinajstić information content (AvgIpc) is 3.17. The third-order valence-corrected chi connectivity index (χ3v) is 5.91. The Morgan fingerprint density at radius 2 is 2.04 bits per heavy atom. The maximum atomic E-state index is 14.0. The SMILES string of the molecule is CC1=C(C(=O)Nc2ccccc2F)[C@@H](c2cccs2)C2=C(CCCC2=O)N1. The Morgan fingerprint density at radius 3 is 2.78 bits per heavy atom. The molecule has 0 fully saturated rings. The fraction of sp³-hybridized carbons (Fsp3) is 0.238. The van der Waals surface area contributed by atoms with Crippen LogP contribution >= 0.6 is 11.3 Å². The number of para-hydroxylation sites is 1. The average molecular weight is 382 g/mol. The van der Waals surface area contributed by atoms with Gasteiger partial charge >= 0.3 is 0 Å². The quantitative estimate of drug-likeness (QED) is 0.822. The van der Waals surface area contributed by atoms with E-state index in [1.165, 1.54) is 23.5 Å². The van der Waals surface area contributed by atoms with E-state index in [9.17, 15) is 14.0 Å². The van der Waals surface area contributed by atoms with Crippen LogP contribution in [-0.4, -0.2) is 11.7 Å². The van der Waals surface area contributed by atoms with Crippen LogP contribution in [0.1, 0.15) is 37.0 Å². The number of hydrogen-bond acceptors (Lipinski definition) is 4. The maximum Gasteiger partial charge on any atom is 0.254 e. The molecule has 0 bridgehead atoms. The van der Waals surface area contributed by atoms with Gasteiger partial charge in [0, 0.05) is 33.8 Å². The van der Waals surface area contributed by atoms with Crippen molar-refractivity contribution in [3.63, 3.8) is 0 Å². The first-order chi connectivity index (χ1) is 13.1. The molecular weight excluding hydrogens is 363 g/mol. The first-order valence-electron chi connectivity index (χ1n) is 8.89. The number of rotatable bonds is 3. The predicted octanol–water partition coefficient (Wildman–Crippen LogP) is 4.49. The lowest BCUT2D eigenvalue weighted by Crippen LogP contribution is -2.35. The molecule has 1 aliphatic heterocycles. The lowest BCUT2D eigenvalue weighted by atomic mass is 9.77. The Kier molecular flexibility index (Phi) is 4.66. The molecule has 0 unspecified atom stereocenters. The minimum atomic E-state index is -0.491. The van der Waals surface area contributed by atoms with Gasteiger partial charge in [0.1, 0.15) is 5.82 Å². The number of nitrogens with one attached hydrogen (secondary N) is 2. The molecule has 1 aromatic carbocycles. The summed E-state index contributed by atoms with van der Waals surface area (Å²) in [6, 6.07) is 9.92. The summed E-state index contributed by atoms with van der Waals surface area (Å²) in [5, 5.41) is 7.87. The molecule has 1 aliphatic carbocycles. The third-order valence-electron chi connectivity index (χ3n) is 4.97. The molecule has 6 heteroatoms. The highest BCUT2D eigenvalue weighted by atomic mass is 32.1. The van der Waals surface area contributed by atoms with Crippen LogP contribution in [0.3, 0.4) is 0 Å². The number of allylic oxidation sites excluding steroid dienone is 3. The van der Waals surface area contributed by atoms with E-state index < -0.39 is 17.6 Å². The number of hydrogen-bond donors (Lipinski definition) is 2. The molecule has 4 rings (SSSR count). The Morgan fingerprint density at radius 1 is 1.22 bits per heavy atom. The molecule has 1 amide bonds. The van der Waals surface area contributed by atoms with E-state index in [4.69, 9.17) is 0 Å². The minimum Gasteiger partial charge on any atom is -0.362 e. The number of halogens is 1. The third kappa shape index (κ3) is 3.21. The van der Waals surface area contributed by atoms with Crippen LogP contribution in [-0.2, 0) is 9.59 Å². The standard InChI is InChI=1S/C21H19FN2O2S/c1-12-18(21(26)24-14-7-3-2-6-13(14)22)20(17-10-5-11-27-17)19-15(23-12)8-4-9-16(19)25/h2-3,5-7,10-11,20,23H,4,8-9H2,1H3,(H,24,26)/t20-/m1/s1. The van der Waals surface area contributed by atoms with Gasteiger partial charge in [0.15, 0.2) is 5.78 Å². The number of carbonyl (C=O) groups is 2. The van der Waals surface area contributed by atoms with Gasteiger partial charge in [-0.05, 0) is 43.3 Å². The number of amides is 1. The maximum absolute atomic E-state index is 14.0. The molecular formula is C21H19FN2O2S. The molecule has 1 aromatic heterocycles. The zero-order valence-corrected chi connectivity index (χ0v) is 15.7. The van der Waals surface area contributed by atoms with Gasteiger partial charge in [-0.3, -0.25) is 9.59 Å². The summed E-state index contributed by atoms with van der Waals surface area (Å²) in [7, 11) is 0. The first-order valence-corrected chi connectivity index (χ1v) is 9.77. The van der Waals surface area contributed by atoms with Crippen molar-refractivity contribution in [2.45, 2.75) is 32.1 Å². The Balaban J connectivity index is 1.77. The van der Waals surface area contributed by atoms with Gasteiger partial charge in [-0.15, -0.1) is 11.3 Å². The van der Waals surface area contributed by atoms with Gasteiger partial charge in [0.2, 0.25) is 0 Å². The van der Waals surface area contributed by atoms with Gasteiger partial charge in [-0.2, -0.15) is 0 Å². The molecule has 2 aliphatic rings. The number of anilines is 1. The smallest absolute Gasteiger partial charge is 0.254 e. The Labute approximate surface area is 160 Å². The van der Waals surface area contributed by atoms with Crippen molar-refractivity contribution >= 4 is 28.7 Å². The highest BCUT2D eigenvalue weighted by Gasteiger charge is 2.38. The summed E-state index contributed by atoms with van der Waals surface area (Å²) in [6.07, 6.45) is 2.10. The van der Waals surface area contributed by atoms with Gasteiger partial charge in [-0.25, -0.2) is 4.39 Å². The highest BCUT2D eigenvalue weighted by molar-refractivity contribution is 7.10. The van der Waals surface area contributed by atoms with Crippen molar-refractivity contribution in [1.29, 1.82) is 0 Å². The predicted molar refractivity (Wildman–Crippen MR) is 104 cm³/mol. The normalized spacial score (nSPS) is 19.6. The van der Waals surface area contributed by atoms with Gasteiger partial charge in [-0.1, -0.05) is 18.2 Å². The van der Waals surface area contributed by atoms with Crippen molar-refractivity contribution in [3.05, 3.63) is 75.0 Å². The van der Waals surface area contributed by atoms with Crippen LogP contribution in [0.25, 0.3) is 0 Å². The molecule has 27 heavy (non-hydrogen) atoms. The van der Waals surface area contributed by atoms with Crippen LogP contribution in [0.15, 0.2) is 64.3 Å². The number of benzene rings is 1. The molecule has 2 N–H and O–H groups in total. The van der Waals surface area contributed by atoms with E-state index in [2.05, 4.69) is 10.6 Å². The zero-order chi connectivity index (χ0) is 19.0. The van der Waals surface area contributed by atoms with E-state index >= 15 is 0 Å². The molecule has 0 saturated carbocycles. The van der Waals surface area contributed by atoms with Gasteiger partial charge < -0.3 is 10.6 Å². The largest absolute Gasteiger partial charge is 0.362 e. The second-order valence-electron chi connectivity index (χ2n) is 6.72. The lowest BCUT2D eigenvalue weighted by molar-refractivity contribution is -0.116. The summed E-state index contributed by atoms with van der Waals surface area (Å²) in [4.78, 5) is 26.8. The van der Waals surface area contributed by atoms with E-state index in [0.717, 1.165) is 23.4 Å². The zero-order valence-electron chi connectivity index (χ0n) is 14.8. The summed E-state index contributed by atoms with van der Waals surface area (Å²) < 4.78 is 14.0. The fourth-order valence-electron chi connectivity index (χ4n) is 3.78. The number of dihydropyridines is 1. The molecule has 0 spiro atoms. The number of Topliss-reactive ketones (excluding diaryl/α,β-unsaturated/α-hetero) is 1. The molecule has 1 atom stereocenters.